The quantitative estimate of drug-likeness (QED) is 0.880. The molecule has 1 N–H and O–H groups in total. The Bertz CT molecular complexity index is 485. The van der Waals surface area contributed by atoms with Crippen LogP contribution in [0.5, 0.6) is 0 Å². The molecule has 0 aliphatic carbocycles. The number of carbonyl (C=O) groups excluding carboxylic acids is 1. The van der Waals surface area contributed by atoms with Gasteiger partial charge in [0.2, 0.25) is 0 Å². The molecule has 2 amide bonds. The molecular weight excluding hydrogens is 337 g/mol. The summed E-state index contributed by atoms with van der Waals surface area (Å²) in [5.41, 5.74) is -0.0859. The Kier molecular flexibility index (Phi) is 5.62. The molecule has 0 heterocycles. The van der Waals surface area contributed by atoms with Gasteiger partial charge in [0.15, 0.2) is 0 Å². The standard InChI is InChI=1S/C13H14BrF3N2O/c1-9(14)7-18-12(20)19(2)8-10-3-5-11(6-4-10)13(15,16)17/h3-6H,1,7-8H2,2H3,(H,18,20). The predicted octanol–water partition coefficient (Wildman–Crippen LogP) is 3.76. The predicted molar refractivity (Wildman–Crippen MR) is 74.4 cm³/mol. The largest absolute Gasteiger partial charge is 0.416 e. The summed E-state index contributed by atoms with van der Waals surface area (Å²) in [6.45, 7) is 4.09. The number of nitrogens with zero attached hydrogens (tertiary/aromatic N) is 1. The smallest absolute Gasteiger partial charge is 0.333 e. The summed E-state index contributed by atoms with van der Waals surface area (Å²) in [4.78, 5) is 13.0. The number of hydrogen-bond acceptors (Lipinski definition) is 1. The molecule has 110 valence electrons. The van der Waals surface area contributed by atoms with Gasteiger partial charge in [0.05, 0.1) is 12.1 Å². The molecule has 0 aliphatic rings. The molecule has 1 aromatic rings. The van der Waals surface area contributed by atoms with Crippen molar-refractivity contribution in [1.29, 1.82) is 0 Å². The topological polar surface area (TPSA) is 32.3 Å². The Morgan fingerprint density at radius 1 is 1.35 bits per heavy atom. The number of benzene rings is 1. The zero-order chi connectivity index (χ0) is 15.3. The number of rotatable bonds is 4. The Hall–Kier alpha value is -1.50. The van der Waals surface area contributed by atoms with Crippen LogP contribution in [0.1, 0.15) is 11.1 Å². The van der Waals surface area contributed by atoms with Crippen LogP contribution >= 0.6 is 15.9 Å². The molecule has 0 spiro atoms. The van der Waals surface area contributed by atoms with Crippen molar-refractivity contribution in [2.24, 2.45) is 0 Å². The van der Waals surface area contributed by atoms with Gasteiger partial charge in [-0.15, -0.1) is 0 Å². The summed E-state index contributed by atoms with van der Waals surface area (Å²) >= 11 is 3.11. The third-order valence-electron chi connectivity index (χ3n) is 2.48. The number of amides is 2. The first-order valence-corrected chi connectivity index (χ1v) is 6.48. The van der Waals surface area contributed by atoms with E-state index in [1.165, 1.54) is 17.0 Å². The molecule has 0 fully saturated rings. The monoisotopic (exact) mass is 350 g/mol. The van der Waals surface area contributed by atoms with E-state index >= 15 is 0 Å². The average molecular weight is 351 g/mol. The second-order valence-electron chi connectivity index (χ2n) is 4.23. The number of hydrogen-bond donors (Lipinski definition) is 1. The first kappa shape index (κ1) is 16.6. The number of alkyl halides is 3. The SMILES string of the molecule is C=C(Br)CNC(=O)N(C)Cc1ccc(C(F)(F)F)cc1. The van der Waals surface area contributed by atoms with Gasteiger partial charge in [0.25, 0.3) is 0 Å². The Morgan fingerprint density at radius 2 is 1.90 bits per heavy atom. The van der Waals surface area contributed by atoms with E-state index in [0.717, 1.165) is 12.1 Å². The number of urea groups is 1. The van der Waals surface area contributed by atoms with Gasteiger partial charge >= 0.3 is 12.2 Å². The second-order valence-corrected chi connectivity index (χ2v) is 5.35. The fourth-order valence-electron chi connectivity index (χ4n) is 1.45. The van der Waals surface area contributed by atoms with E-state index in [4.69, 9.17) is 0 Å². The molecule has 3 nitrogen and oxygen atoms in total. The minimum absolute atomic E-state index is 0.221. The summed E-state index contributed by atoms with van der Waals surface area (Å²) in [6.07, 6.45) is -4.35. The van der Waals surface area contributed by atoms with Crippen LogP contribution < -0.4 is 5.32 Å². The fourth-order valence-corrected chi connectivity index (χ4v) is 1.59. The van der Waals surface area contributed by atoms with Gasteiger partial charge in [-0.2, -0.15) is 13.2 Å². The normalized spacial score (nSPS) is 11.1. The van der Waals surface area contributed by atoms with Crippen LogP contribution in [0.15, 0.2) is 35.3 Å². The van der Waals surface area contributed by atoms with E-state index in [9.17, 15) is 18.0 Å². The lowest BCUT2D eigenvalue weighted by Gasteiger charge is -2.18. The maximum atomic E-state index is 12.4. The van der Waals surface area contributed by atoms with E-state index in [1.54, 1.807) is 7.05 Å². The van der Waals surface area contributed by atoms with Crippen LogP contribution in [0.25, 0.3) is 0 Å². The van der Waals surface area contributed by atoms with Gasteiger partial charge in [0, 0.05) is 18.1 Å². The first-order chi connectivity index (χ1) is 9.20. The highest BCUT2D eigenvalue weighted by Gasteiger charge is 2.29. The molecule has 0 aliphatic heterocycles. The summed E-state index contributed by atoms with van der Waals surface area (Å²) in [5.74, 6) is 0. The minimum Gasteiger partial charge on any atom is -0.333 e. The highest BCUT2D eigenvalue weighted by Crippen LogP contribution is 2.29. The van der Waals surface area contributed by atoms with Crippen LogP contribution in [0.3, 0.4) is 0 Å². The average Bonchev–Trinajstić information content (AvgIpc) is 2.35. The molecule has 1 rings (SSSR count). The molecule has 20 heavy (non-hydrogen) atoms. The highest BCUT2D eigenvalue weighted by atomic mass is 79.9. The molecule has 7 heteroatoms. The lowest BCUT2D eigenvalue weighted by Crippen LogP contribution is -2.37. The Balaban J connectivity index is 2.60. The fraction of sp³-hybridized carbons (Fsp3) is 0.308. The summed E-state index contributed by atoms with van der Waals surface area (Å²) in [5, 5.41) is 2.60. The first-order valence-electron chi connectivity index (χ1n) is 5.68. The number of nitrogens with one attached hydrogen (secondary N) is 1. The number of halogens is 4. The van der Waals surface area contributed by atoms with Crippen molar-refractivity contribution in [2.45, 2.75) is 12.7 Å². The second kappa shape index (κ2) is 6.78. The zero-order valence-electron chi connectivity index (χ0n) is 10.8. The third-order valence-corrected chi connectivity index (χ3v) is 2.76. The van der Waals surface area contributed by atoms with Crippen molar-refractivity contribution in [3.63, 3.8) is 0 Å². The molecule has 1 aromatic carbocycles. The lowest BCUT2D eigenvalue weighted by molar-refractivity contribution is -0.137. The molecular formula is C13H14BrF3N2O. The van der Waals surface area contributed by atoms with Crippen molar-refractivity contribution in [2.75, 3.05) is 13.6 Å². The van der Waals surface area contributed by atoms with E-state index in [0.29, 0.717) is 10.0 Å². The summed E-state index contributed by atoms with van der Waals surface area (Å²) in [7, 11) is 1.56. The van der Waals surface area contributed by atoms with Crippen molar-refractivity contribution in [3.05, 3.63) is 46.5 Å². The van der Waals surface area contributed by atoms with Crippen LogP contribution in [0.2, 0.25) is 0 Å². The molecule has 0 unspecified atom stereocenters. The molecule has 0 saturated heterocycles. The van der Waals surface area contributed by atoms with Crippen molar-refractivity contribution in [1.82, 2.24) is 10.2 Å². The van der Waals surface area contributed by atoms with Gasteiger partial charge in [-0.25, -0.2) is 4.79 Å². The number of carbonyl (C=O) groups is 1. The van der Waals surface area contributed by atoms with Gasteiger partial charge in [-0.3, -0.25) is 0 Å². The van der Waals surface area contributed by atoms with Gasteiger partial charge in [0.1, 0.15) is 0 Å². The molecule has 0 bridgehead atoms. The van der Waals surface area contributed by atoms with Crippen LogP contribution in [0, 0.1) is 0 Å². The van der Waals surface area contributed by atoms with E-state index in [1.807, 2.05) is 0 Å². The Labute approximate surface area is 123 Å². The van der Waals surface area contributed by atoms with Crippen molar-refractivity contribution >= 4 is 22.0 Å². The highest BCUT2D eigenvalue weighted by molar-refractivity contribution is 9.11. The maximum absolute atomic E-state index is 12.4. The molecule has 0 aromatic heterocycles. The third kappa shape index (κ3) is 5.24. The van der Waals surface area contributed by atoms with E-state index in [2.05, 4.69) is 27.8 Å². The van der Waals surface area contributed by atoms with Crippen molar-refractivity contribution in [3.8, 4) is 0 Å². The van der Waals surface area contributed by atoms with Crippen LogP contribution in [-0.2, 0) is 12.7 Å². The van der Waals surface area contributed by atoms with Gasteiger partial charge < -0.3 is 10.2 Å². The summed E-state index contributed by atoms with van der Waals surface area (Å²) < 4.78 is 37.8. The van der Waals surface area contributed by atoms with Crippen LogP contribution in [-0.4, -0.2) is 24.5 Å². The zero-order valence-corrected chi connectivity index (χ0v) is 12.4. The van der Waals surface area contributed by atoms with Gasteiger partial charge in [-0.05, 0) is 17.7 Å². The molecule has 0 radical (unpaired) electrons. The minimum atomic E-state index is -4.35. The maximum Gasteiger partial charge on any atom is 0.416 e. The Morgan fingerprint density at radius 3 is 2.35 bits per heavy atom. The van der Waals surface area contributed by atoms with E-state index < -0.39 is 11.7 Å². The van der Waals surface area contributed by atoms with Gasteiger partial charge in [-0.1, -0.05) is 34.6 Å². The van der Waals surface area contributed by atoms with Crippen LogP contribution in [0.4, 0.5) is 18.0 Å². The molecule has 0 atom stereocenters. The summed E-state index contributed by atoms with van der Waals surface area (Å²) in [6, 6.07) is 4.39. The lowest BCUT2D eigenvalue weighted by atomic mass is 10.1. The van der Waals surface area contributed by atoms with E-state index in [-0.39, 0.29) is 19.1 Å². The van der Waals surface area contributed by atoms with Crippen molar-refractivity contribution < 1.29 is 18.0 Å². The molecule has 0 saturated carbocycles.